The maximum atomic E-state index is 13.3. The Bertz CT molecular complexity index is 1050. The molecule has 0 radical (unpaired) electrons. The largest absolute Gasteiger partial charge is 0.480 e. The molecule has 1 heterocycles. The molecule has 1 aliphatic heterocycles. The zero-order valence-corrected chi connectivity index (χ0v) is 19.9. The summed E-state index contributed by atoms with van der Waals surface area (Å²) in [5.41, 5.74) is 3.25. The van der Waals surface area contributed by atoms with Gasteiger partial charge in [0.2, 0.25) is 5.91 Å². The molecule has 2 aliphatic rings. The number of likely N-dealkylation sites (tertiary alicyclic amines) is 1. The average molecular weight is 465 g/mol. The molecule has 2 aromatic rings. The van der Waals surface area contributed by atoms with E-state index < -0.39 is 23.6 Å². The lowest BCUT2D eigenvalue weighted by Crippen LogP contribution is -2.57. The third kappa shape index (κ3) is 4.39. The van der Waals surface area contributed by atoms with Crippen molar-refractivity contribution < 1.29 is 24.2 Å². The SMILES string of the molecule is CC(C)C[C@H](NC(=O)OCC1c2ccccc2-c2ccccc21)C(=O)N1CCC[C@]1(C)C(=O)O. The Balaban J connectivity index is 1.46. The summed E-state index contributed by atoms with van der Waals surface area (Å²) in [4.78, 5) is 39.4. The van der Waals surface area contributed by atoms with Gasteiger partial charge in [-0.25, -0.2) is 9.59 Å². The van der Waals surface area contributed by atoms with Crippen LogP contribution < -0.4 is 5.32 Å². The summed E-state index contributed by atoms with van der Waals surface area (Å²) < 4.78 is 5.63. The molecular weight excluding hydrogens is 432 g/mol. The Kier molecular flexibility index (Phi) is 6.64. The molecule has 0 bridgehead atoms. The molecule has 1 saturated heterocycles. The van der Waals surface area contributed by atoms with E-state index in [1.807, 2.05) is 50.2 Å². The summed E-state index contributed by atoms with van der Waals surface area (Å²) in [6.45, 7) is 6.00. The number of ether oxygens (including phenoxy) is 1. The fraction of sp³-hybridized carbons (Fsp3) is 0.444. The van der Waals surface area contributed by atoms with Crippen molar-refractivity contribution >= 4 is 18.0 Å². The van der Waals surface area contributed by atoms with Gasteiger partial charge < -0.3 is 20.1 Å². The first-order chi connectivity index (χ1) is 16.2. The fourth-order valence-corrected chi connectivity index (χ4v) is 5.20. The van der Waals surface area contributed by atoms with Crippen LogP contribution in [0, 0.1) is 5.92 Å². The van der Waals surface area contributed by atoms with Crippen LogP contribution in [0.4, 0.5) is 4.79 Å². The molecule has 34 heavy (non-hydrogen) atoms. The van der Waals surface area contributed by atoms with Crippen LogP contribution in [0.15, 0.2) is 48.5 Å². The van der Waals surface area contributed by atoms with Gasteiger partial charge in [0.15, 0.2) is 0 Å². The molecule has 180 valence electrons. The van der Waals surface area contributed by atoms with E-state index in [1.54, 1.807) is 6.92 Å². The number of nitrogens with one attached hydrogen (secondary N) is 1. The van der Waals surface area contributed by atoms with Gasteiger partial charge in [-0.15, -0.1) is 0 Å². The predicted octanol–water partition coefficient (Wildman–Crippen LogP) is 4.41. The maximum absolute atomic E-state index is 13.3. The van der Waals surface area contributed by atoms with Gasteiger partial charge in [0.25, 0.3) is 0 Å². The highest BCUT2D eigenvalue weighted by Crippen LogP contribution is 2.44. The number of benzene rings is 2. The standard InChI is InChI=1S/C27H32N2O5/c1-17(2)15-23(24(30)29-14-8-13-27(29,3)25(31)32)28-26(33)34-16-22-20-11-6-4-9-18(20)19-10-5-7-12-21(19)22/h4-7,9-12,17,22-23H,8,13-16H2,1-3H3,(H,28,33)(H,31,32)/t23-,27+/m0/s1. The second kappa shape index (κ2) is 9.49. The first kappa shape index (κ1) is 23.8. The van der Waals surface area contributed by atoms with Crippen molar-refractivity contribution in [3.8, 4) is 11.1 Å². The summed E-state index contributed by atoms with van der Waals surface area (Å²) in [6.07, 6.45) is 0.744. The van der Waals surface area contributed by atoms with Crippen molar-refractivity contribution in [3.63, 3.8) is 0 Å². The van der Waals surface area contributed by atoms with Crippen molar-refractivity contribution in [3.05, 3.63) is 59.7 Å². The number of alkyl carbamates (subject to hydrolysis) is 1. The number of hydrogen-bond donors (Lipinski definition) is 2. The zero-order valence-electron chi connectivity index (χ0n) is 19.9. The number of fused-ring (bicyclic) bond motifs is 3. The quantitative estimate of drug-likeness (QED) is 0.633. The number of amides is 2. The molecule has 0 saturated carbocycles. The normalized spacial score (nSPS) is 20.1. The van der Waals surface area contributed by atoms with Crippen LogP contribution >= 0.6 is 0 Å². The minimum absolute atomic E-state index is 0.0775. The molecule has 2 atom stereocenters. The number of carboxylic acids is 1. The molecule has 4 rings (SSSR count). The first-order valence-electron chi connectivity index (χ1n) is 11.9. The number of nitrogens with zero attached hydrogens (tertiary/aromatic N) is 1. The average Bonchev–Trinajstić information content (AvgIpc) is 3.35. The smallest absolute Gasteiger partial charge is 0.407 e. The molecular formula is C27H32N2O5. The van der Waals surface area contributed by atoms with Crippen molar-refractivity contribution in [2.75, 3.05) is 13.2 Å². The van der Waals surface area contributed by atoms with E-state index in [0.717, 1.165) is 22.3 Å². The molecule has 0 unspecified atom stereocenters. The highest BCUT2D eigenvalue weighted by atomic mass is 16.5. The zero-order chi connectivity index (χ0) is 24.5. The number of carbonyl (C=O) groups excluding carboxylic acids is 2. The van der Waals surface area contributed by atoms with Gasteiger partial charge in [-0.3, -0.25) is 4.79 Å². The number of hydrogen-bond acceptors (Lipinski definition) is 4. The summed E-state index contributed by atoms with van der Waals surface area (Å²) in [5.74, 6) is -1.35. The van der Waals surface area contributed by atoms with Crippen molar-refractivity contribution in [2.45, 2.75) is 57.5 Å². The fourth-order valence-electron chi connectivity index (χ4n) is 5.20. The lowest BCUT2D eigenvalue weighted by molar-refractivity contribution is -0.156. The van der Waals surface area contributed by atoms with Gasteiger partial charge in [-0.2, -0.15) is 0 Å². The molecule has 7 nitrogen and oxygen atoms in total. The summed E-state index contributed by atoms with van der Waals surface area (Å²) in [7, 11) is 0. The summed E-state index contributed by atoms with van der Waals surface area (Å²) in [6, 6.07) is 15.3. The highest BCUT2D eigenvalue weighted by Gasteiger charge is 2.47. The van der Waals surface area contributed by atoms with E-state index in [9.17, 15) is 19.5 Å². The van der Waals surface area contributed by atoms with Gasteiger partial charge in [0, 0.05) is 12.5 Å². The lowest BCUT2D eigenvalue weighted by Gasteiger charge is -2.34. The maximum Gasteiger partial charge on any atom is 0.407 e. The number of aliphatic carboxylic acids is 1. The minimum Gasteiger partial charge on any atom is -0.480 e. The Morgan fingerprint density at radius 2 is 1.68 bits per heavy atom. The molecule has 7 heteroatoms. The minimum atomic E-state index is -1.25. The molecule has 2 N–H and O–H groups in total. The van der Waals surface area contributed by atoms with Crippen LogP contribution in [0.25, 0.3) is 11.1 Å². The van der Waals surface area contributed by atoms with E-state index in [-0.39, 0.29) is 24.3 Å². The molecule has 0 aromatic heterocycles. The molecule has 2 aromatic carbocycles. The van der Waals surface area contributed by atoms with Crippen LogP contribution in [0.1, 0.15) is 57.1 Å². The number of carboxylic acid groups (broad SMARTS) is 1. The second-order valence-corrected chi connectivity index (χ2v) is 9.82. The van der Waals surface area contributed by atoms with Crippen molar-refractivity contribution in [1.82, 2.24) is 10.2 Å². The van der Waals surface area contributed by atoms with Crippen molar-refractivity contribution in [2.24, 2.45) is 5.92 Å². The molecule has 1 aliphatic carbocycles. The van der Waals surface area contributed by atoms with E-state index in [1.165, 1.54) is 4.90 Å². The van der Waals surface area contributed by atoms with Gasteiger partial charge >= 0.3 is 12.1 Å². The second-order valence-electron chi connectivity index (χ2n) is 9.82. The third-order valence-corrected chi connectivity index (χ3v) is 7.01. The molecule has 0 spiro atoms. The number of carbonyl (C=O) groups is 3. The van der Waals surface area contributed by atoms with E-state index >= 15 is 0 Å². The summed E-state index contributed by atoms with van der Waals surface area (Å²) in [5, 5.41) is 12.4. The first-order valence-corrected chi connectivity index (χ1v) is 11.9. The molecule has 1 fully saturated rings. The third-order valence-electron chi connectivity index (χ3n) is 7.01. The number of rotatable bonds is 7. The van der Waals surface area contributed by atoms with Crippen LogP contribution in [-0.4, -0.2) is 52.7 Å². The topological polar surface area (TPSA) is 95.9 Å². The van der Waals surface area contributed by atoms with Crippen LogP contribution in [0.2, 0.25) is 0 Å². The van der Waals surface area contributed by atoms with Crippen LogP contribution in [0.5, 0.6) is 0 Å². The van der Waals surface area contributed by atoms with Crippen LogP contribution in [0.3, 0.4) is 0 Å². The van der Waals surface area contributed by atoms with E-state index in [4.69, 9.17) is 4.74 Å². The predicted molar refractivity (Wildman–Crippen MR) is 128 cm³/mol. The Morgan fingerprint density at radius 3 is 2.24 bits per heavy atom. The van der Waals surface area contributed by atoms with Gasteiger partial charge in [-0.1, -0.05) is 62.4 Å². The Hall–Kier alpha value is -3.35. The highest BCUT2D eigenvalue weighted by molar-refractivity contribution is 5.91. The molecule has 2 amide bonds. The lowest BCUT2D eigenvalue weighted by atomic mass is 9.97. The Labute approximate surface area is 200 Å². The van der Waals surface area contributed by atoms with Gasteiger partial charge in [-0.05, 0) is 54.4 Å². The van der Waals surface area contributed by atoms with Gasteiger partial charge in [0.05, 0.1) is 0 Å². The van der Waals surface area contributed by atoms with Gasteiger partial charge in [0.1, 0.15) is 18.2 Å². The monoisotopic (exact) mass is 464 g/mol. The van der Waals surface area contributed by atoms with Crippen molar-refractivity contribution in [1.29, 1.82) is 0 Å². The summed E-state index contributed by atoms with van der Waals surface area (Å²) >= 11 is 0. The van der Waals surface area contributed by atoms with E-state index in [2.05, 4.69) is 17.4 Å². The Morgan fingerprint density at radius 1 is 1.09 bits per heavy atom. The van der Waals surface area contributed by atoms with Crippen LogP contribution in [-0.2, 0) is 14.3 Å². The van der Waals surface area contributed by atoms with E-state index in [0.29, 0.717) is 25.8 Å².